The monoisotopic (exact) mass is 397 g/mol. The number of carbonyl (C=O) groups excluding carboxylic acids is 1. The van der Waals surface area contributed by atoms with Gasteiger partial charge in [-0.3, -0.25) is 4.79 Å². The molecule has 0 aliphatic rings. The number of rotatable bonds is 5. The van der Waals surface area contributed by atoms with Crippen LogP contribution < -0.4 is 5.32 Å². The Morgan fingerprint density at radius 1 is 1.11 bits per heavy atom. The summed E-state index contributed by atoms with van der Waals surface area (Å²) in [5.74, 6) is -0.905. The summed E-state index contributed by atoms with van der Waals surface area (Å²) in [6.45, 7) is 0. The van der Waals surface area contributed by atoms with E-state index in [0.717, 1.165) is 23.9 Å². The van der Waals surface area contributed by atoms with Crippen molar-refractivity contribution < 1.29 is 26.8 Å². The molecule has 0 aliphatic heterocycles. The molecule has 0 bridgehead atoms. The lowest BCUT2D eigenvalue weighted by Crippen LogP contribution is -2.15. The van der Waals surface area contributed by atoms with Crippen LogP contribution >= 0.6 is 11.8 Å². The summed E-state index contributed by atoms with van der Waals surface area (Å²) in [6, 6.07) is 9.76. The van der Waals surface area contributed by atoms with Crippen molar-refractivity contribution in [2.45, 2.75) is 11.4 Å². The number of nitrogens with one attached hydrogen (secondary N) is 1. The molecule has 3 rings (SSSR count). The first-order valence-corrected chi connectivity index (χ1v) is 8.49. The molecule has 0 saturated heterocycles. The number of thioether (sulfide) groups is 1. The standard InChI is InChI=1S/C17H11F4N3O2S/c18-12-6-4-10(5-7-12)15-23-24-16(26-15)27-9-14(25)22-13-3-1-2-11(8-13)17(19,20)21/h1-8H,9H2,(H,22,25). The summed E-state index contributed by atoms with van der Waals surface area (Å²) < 4.78 is 56.3. The normalized spacial score (nSPS) is 11.4. The van der Waals surface area contributed by atoms with Crippen molar-refractivity contribution in [2.75, 3.05) is 11.1 Å². The van der Waals surface area contributed by atoms with Gasteiger partial charge in [0.15, 0.2) is 0 Å². The zero-order valence-electron chi connectivity index (χ0n) is 13.5. The van der Waals surface area contributed by atoms with Gasteiger partial charge in [-0.05, 0) is 42.5 Å². The van der Waals surface area contributed by atoms with Crippen molar-refractivity contribution in [2.24, 2.45) is 0 Å². The lowest BCUT2D eigenvalue weighted by Gasteiger charge is -2.09. The maximum absolute atomic E-state index is 12.9. The first kappa shape index (κ1) is 18.9. The number of halogens is 4. The van der Waals surface area contributed by atoms with Crippen LogP contribution in [-0.4, -0.2) is 21.9 Å². The van der Waals surface area contributed by atoms with Crippen LogP contribution in [0.15, 0.2) is 58.2 Å². The molecular formula is C17H11F4N3O2S. The van der Waals surface area contributed by atoms with Crippen LogP contribution in [0.1, 0.15) is 5.56 Å². The molecule has 0 aliphatic carbocycles. The van der Waals surface area contributed by atoms with E-state index >= 15 is 0 Å². The Balaban J connectivity index is 1.58. The van der Waals surface area contributed by atoms with Gasteiger partial charge in [0, 0.05) is 11.3 Å². The minimum atomic E-state index is -4.49. The van der Waals surface area contributed by atoms with E-state index in [1.807, 2.05) is 0 Å². The van der Waals surface area contributed by atoms with E-state index < -0.39 is 23.5 Å². The molecule has 140 valence electrons. The highest BCUT2D eigenvalue weighted by Crippen LogP contribution is 2.30. The Kier molecular flexibility index (Phi) is 5.45. The van der Waals surface area contributed by atoms with Crippen LogP contribution in [0, 0.1) is 5.82 Å². The Morgan fingerprint density at radius 2 is 1.85 bits per heavy atom. The Morgan fingerprint density at radius 3 is 2.56 bits per heavy atom. The summed E-state index contributed by atoms with van der Waals surface area (Å²) in [6.07, 6.45) is -4.49. The van der Waals surface area contributed by atoms with Gasteiger partial charge < -0.3 is 9.73 Å². The number of amides is 1. The van der Waals surface area contributed by atoms with Crippen LogP contribution in [-0.2, 0) is 11.0 Å². The zero-order valence-corrected chi connectivity index (χ0v) is 14.3. The Labute approximate surface area is 154 Å². The number of benzene rings is 2. The Bertz CT molecular complexity index is 942. The van der Waals surface area contributed by atoms with E-state index in [4.69, 9.17) is 4.42 Å². The highest BCUT2D eigenvalue weighted by atomic mass is 32.2. The molecule has 10 heteroatoms. The fourth-order valence-corrected chi connectivity index (χ4v) is 2.64. The molecule has 1 heterocycles. The van der Waals surface area contributed by atoms with Gasteiger partial charge >= 0.3 is 6.18 Å². The molecule has 0 radical (unpaired) electrons. The lowest BCUT2D eigenvalue weighted by molar-refractivity contribution is -0.137. The number of anilines is 1. The molecule has 0 unspecified atom stereocenters. The predicted molar refractivity (Wildman–Crippen MR) is 90.5 cm³/mol. The highest BCUT2D eigenvalue weighted by molar-refractivity contribution is 7.99. The van der Waals surface area contributed by atoms with Crippen molar-refractivity contribution in [3.63, 3.8) is 0 Å². The molecule has 0 fully saturated rings. The van der Waals surface area contributed by atoms with Gasteiger partial charge in [0.2, 0.25) is 11.8 Å². The van der Waals surface area contributed by atoms with Crippen LogP contribution in [0.4, 0.5) is 23.2 Å². The average Bonchev–Trinajstić information content (AvgIpc) is 3.09. The molecule has 1 aromatic heterocycles. The number of aromatic nitrogens is 2. The predicted octanol–water partition coefficient (Wildman–Crippen LogP) is 4.63. The number of carbonyl (C=O) groups is 1. The summed E-state index contributed by atoms with van der Waals surface area (Å²) >= 11 is 0.928. The fourth-order valence-electron chi connectivity index (χ4n) is 2.07. The second-order valence-electron chi connectivity index (χ2n) is 5.30. The highest BCUT2D eigenvalue weighted by Gasteiger charge is 2.30. The molecule has 0 saturated carbocycles. The molecule has 0 atom stereocenters. The average molecular weight is 397 g/mol. The van der Waals surface area contributed by atoms with Gasteiger partial charge in [-0.1, -0.05) is 17.8 Å². The SMILES string of the molecule is O=C(CSc1nnc(-c2ccc(F)cc2)o1)Nc1cccc(C(F)(F)F)c1. The second-order valence-corrected chi connectivity index (χ2v) is 6.22. The van der Waals surface area contributed by atoms with Crippen LogP contribution in [0.5, 0.6) is 0 Å². The number of hydrogen-bond donors (Lipinski definition) is 1. The van der Waals surface area contributed by atoms with Crippen molar-refractivity contribution in [3.8, 4) is 11.5 Å². The van der Waals surface area contributed by atoms with Gasteiger partial charge in [0.25, 0.3) is 5.22 Å². The van der Waals surface area contributed by atoms with E-state index in [1.165, 1.54) is 36.4 Å². The zero-order chi connectivity index (χ0) is 19.4. The number of hydrogen-bond acceptors (Lipinski definition) is 5. The van der Waals surface area contributed by atoms with Crippen molar-refractivity contribution in [3.05, 3.63) is 59.9 Å². The fraction of sp³-hybridized carbons (Fsp3) is 0.118. The van der Waals surface area contributed by atoms with Gasteiger partial charge in [-0.15, -0.1) is 10.2 Å². The lowest BCUT2D eigenvalue weighted by atomic mass is 10.2. The van der Waals surface area contributed by atoms with Gasteiger partial charge in [-0.25, -0.2) is 4.39 Å². The number of alkyl halides is 3. The summed E-state index contributed by atoms with van der Waals surface area (Å²) in [5, 5.41) is 10.0. The van der Waals surface area contributed by atoms with Crippen LogP contribution in [0.2, 0.25) is 0 Å². The largest absolute Gasteiger partial charge is 0.416 e. The second kappa shape index (κ2) is 7.78. The first-order valence-electron chi connectivity index (χ1n) is 7.50. The van der Waals surface area contributed by atoms with Crippen molar-refractivity contribution in [1.82, 2.24) is 10.2 Å². The van der Waals surface area contributed by atoms with Crippen molar-refractivity contribution in [1.29, 1.82) is 0 Å². The Hall–Kier alpha value is -2.88. The van der Waals surface area contributed by atoms with E-state index in [-0.39, 0.29) is 22.6 Å². The topological polar surface area (TPSA) is 68.0 Å². The minimum Gasteiger partial charge on any atom is -0.411 e. The van der Waals surface area contributed by atoms with Gasteiger partial charge in [0.1, 0.15) is 5.82 Å². The third-order valence-electron chi connectivity index (χ3n) is 3.30. The smallest absolute Gasteiger partial charge is 0.411 e. The minimum absolute atomic E-state index is 0.0351. The van der Waals surface area contributed by atoms with E-state index in [0.29, 0.717) is 5.56 Å². The van der Waals surface area contributed by atoms with Crippen molar-refractivity contribution >= 4 is 23.4 Å². The molecule has 3 aromatic rings. The molecule has 1 N–H and O–H groups in total. The molecule has 5 nitrogen and oxygen atoms in total. The van der Waals surface area contributed by atoms with Gasteiger partial charge in [0.05, 0.1) is 11.3 Å². The molecule has 2 aromatic carbocycles. The van der Waals surface area contributed by atoms with Gasteiger partial charge in [-0.2, -0.15) is 13.2 Å². The maximum Gasteiger partial charge on any atom is 0.416 e. The van der Waals surface area contributed by atoms with E-state index in [1.54, 1.807) is 0 Å². The maximum atomic E-state index is 12.9. The molecule has 27 heavy (non-hydrogen) atoms. The summed E-state index contributed by atoms with van der Waals surface area (Å²) in [7, 11) is 0. The number of nitrogens with zero attached hydrogens (tertiary/aromatic N) is 2. The third kappa shape index (κ3) is 5.07. The van der Waals surface area contributed by atoms with Crippen LogP contribution in [0.25, 0.3) is 11.5 Å². The van der Waals surface area contributed by atoms with Crippen LogP contribution in [0.3, 0.4) is 0 Å². The molecule has 1 amide bonds. The first-order chi connectivity index (χ1) is 12.8. The summed E-state index contributed by atoms with van der Waals surface area (Å²) in [4.78, 5) is 11.9. The molecular weight excluding hydrogens is 386 g/mol. The quantitative estimate of drug-likeness (QED) is 0.502. The van der Waals surface area contributed by atoms with E-state index in [9.17, 15) is 22.4 Å². The summed E-state index contributed by atoms with van der Waals surface area (Å²) in [5.41, 5.74) is -0.300. The van der Waals surface area contributed by atoms with E-state index in [2.05, 4.69) is 15.5 Å². The third-order valence-corrected chi connectivity index (χ3v) is 4.12. The molecule has 0 spiro atoms.